The van der Waals surface area contributed by atoms with Gasteiger partial charge in [0, 0.05) is 12.1 Å². The van der Waals surface area contributed by atoms with Gasteiger partial charge in [-0.25, -0.2) is 4.79 Å². The molecule has 3 N–H and O–H groups in total. The molecule has 15 heavy (non-hydrogen) atoms. The van der Waals surface area contributed by atoms with E-state index in [9.17, 15) is 20.1 Å². The fourth-order valence-corrected chi connectivity index (χ4v) is 1.48. The molecule has 0 saturated carbocycles. The summed E-state index contributed by atoms with van der Waals surface area (Å²) in [4.78, 5) is 11.0. The van der Waals surface area contributed by atoms with E-state index in [1.165, 1.54) is 6.07 Å². The molecule has 0 radical (unpaired) electrons. The van der Waals surface area contributed by atoms with Crippen molar-refractivity contribution in [3.8, 4) is 17.2 Å². The maximum Gasteiger partial charge on any atom is 0.336 e. The lowest BCUT2D eigenvalue weighted by molar-refractivity contribution is 0.397. The van der Waals surface area contributed by atoms with Gasteiger partial charge in [0.05, 0.1) is 5.39 Å². The normalized spacial score (nSPS) is 10.7. The van der Waals surface area contributed by atoms with Crippen LogP contribution in [-0.2, 0) is 0 Å². The van der Waals surface area contributed by atoms with Crippen LogP contribution >= 0.6 is 0 Å². The maximum absolute atomic E-state index is 11.0. The van der Waals surface area contributed by atoms with Gasteiger partial charge in [0.25, 0.3) is 0 Å². The summed E-state index contributed by atoms with van der Waals surface area (Å²) in [6.07, 6.45) is 0. The van der Waals surface area contributed by atoms with Gasteiger partial charge in [0.15, 0.2) is 22.8 Å². The van der Waals surface area contributed by atoms with E-state index in [-0.39, 0.29) is 16.7 Å². The fourth-order valence-electron chi connectivity index (χ4n) is 1.48. The molecule has 1 heterocycles. The Balaban J connectivity index is 3.09. The van der Waals surface area contributed by atoms with Crippen LogP contribution in [0, 0.1) is 6.92 Å². The lowest BCUT2D eigenvalue weighted by Crippen LogP contribution is -1.98. The second-order valence-electron chi connectivity index (χ2n) is 3.22. The summed E-state index contributed by atoms with van der Waals surface area (Å²) >= 11 is 0. The number of fused-ring (bicyclic) bond motifs is 1. The van der Waals surface area contributed by atoms with E-state index in [1.807, 2.05) is 0 Å². The third-order valence-electron chi connectivity index (χ3n) is 2.14. The molecule has 0 spiro atoms. The summed E-state index contributed by atoms with van der Waals surface area (Å²) < 4.78 is 4.73. The van der Waals surface area contributed by atoms with Crippen LogP contribution in [-0.4, -0.2) is 15.3 Å². The minimum absolute atomic E-state index is 0.129. The quantitative estimate of drug-likeness (QED) is 0.344. The molecular weight excluding hydrogens is 200 g/mol. The van der Waals surface area contributed by atoms with Crippen LogP contribution in [0.4, 0.5) is 0 Å². The van der Waals surface area contributed by atoms with Crippen molar-refractivity contribution in [3.63, 3.8) is 0 Å². The molecule has 0 aliphatic carbocycles. The van der Waals surface area contributed by atoms with Crippen molar-refractivity contribution in [2.24, 2.45) is 0 Å². The van der Waals surface area contributed by atoms with Crippen molar-refractivity contribution in [3.05, 3.63) is 28.1 Å². The standard InChI is InChI=1S/C10H8O5/c1-4-2-7(13)15-10-6(12)3-5(11)9(14)8(4)10/h2-3,11-12,14H,1H3. The van der Waals surface area contributed by atoms with Crippen LogP contribution < -0.4 is 5.63 Å². The van der Waals surface area contributed by atoms with Crippen LogP contribution in [0.15, 0.2) is 21.3 Å². The lowest BCUT2D eigenvalue weighted by Gasteiger charge is -2.06. The lowest BCUT2D eigenvalue weighted by atomic mass is 10.1. The van der Waals surface area contributed by atoms with Gasteiger partial charge in [-0.05, 0) is 12.5 Å². The molecule has 2 rings (SSSR count). The van der Waals surface area contributed by atoms with Gasteiger partial charge in [-0.1, -0.05) is 0 Å². The highest BCUT2D eigenvalue weighted by atomic mass is 16.4. The van der Waals surface area contributed by atoms with Crippen molar-refractivity contribution in [1.29, 1.82) is 0 Å². The topological polar surface area (TPSA) is 90.9 Å². The highest BCUT2D eigenvalue weighted by Crippen LogP contribution is 2.40. The molecule has 0 bridgehead atoms. The molecule has 0 aliphatic rings. The molecule has 0 aliphatic heterocycles. The van der Waals surface area contributed by atoms with Gasteiger partial charge in [-0.15, -0.1) is 0 Å². The first kappa shape index (κ1) is 9.39. The Labute approximate surface area is 83.8 Å². The van der Waals surface area contributed by atoms with Crippen molar-refractivity contribution in [2.75, 3.05) is 0 Å². The number of hydrogen-bond donors (Lipinski definition) is 3. The molecule has 1 aromatic heterocycles. The molecule has 78 valence electrons. The third kappa shape index (κ3) is 1.28. The zero-order valence-electron chi connectivity index (χ0n) is 7.81. The number of benzene rings is 1. The van der Waals surface area contributed by atoms with Gasteiger partial charge in [-0.3, -0.25) is 0 Å². The monoisotopic (exact) mass is 208 g/mol. The largest absolute Gasteiger partial charge is 0.504 e. The summed E-state index contributed by atoms with van der Waals surface area (Å²) in [6, 6.07) is 2.08. The van der Waals surface area contributed by atoms with Crippen molar-refractivity contribution < 1.29 is 19.7 Å². The number of phenols is 3. The summed E-state index contributed by atoms with van der Waals surface area (Å²) in [7, 11) is 0. The van der Waals surface area contributed by atoms with Crippen LogP contribution in [0.1, 0.15) is 5.56 Å². The van der Waals surface area contributed by atoms with E-state index in [2.05, 4.69) is 0 Å². The van der Waals surface area contributed by atoms with E-state index >= 15 is 0 Å². The number of aromatic hydroxyl groups is 3. The highest BCUT2D eigenvalue weighted by Gasteiger charge is 2.15. The predicted octanol–water partition coefficient (Wildman–Crippen LogP) is 1.22. The maximum atomic E-state index is 11.0. The van der Waals surface area contributed by atoms with E-state index < -0.39 is 17.1 Å². The number of aryl methyl sites for hydroxylation is 1. The second kappa shape index (κ2) is 2.91. The molecule has 0 saturated heterocycles. The Morgan fingerprint density at radius 2 is 1.80 bits per heavy atom. The van der Waals surface area contributed by atoms with Gasteiger partial charge in [0.2, 0.25) is 0 Å². The van der Waals surface area contributed by atoms with Gasteiger partial charge < -0.3 is 19.7 Å². The Kier molecular flexibility index (Phi) is 1.82. The smallest absolute Gasteiger partial charge is 0.336 e. The summed E-state index contributed by atoms with van der Waals surface area (Å²) in [5, 5.41) is 28.3. The number of phenolic OH excluding ortho intramolecular Hbond substituents is 3. The second-order valence-corrected chi connectivity index (χ2v) is 3.22. The average Bonchev–Trinajstić information content (AvgIpc) is 2.13. The van der Waals surface area contributed by atoms with Crippen LogP contribution in [0.5, 0.6) is 17.2 Å². The highest BCUT2D eigenvalue weighted by molar-refractivity contribution is 5.92. The molecule has 0 amide bonds. The molecule has 1 aromatic carbocycles. The van der Waals surface area contributed by atoms with E-state index in [0.717, 1.165) is 6.07 Å². The Morgan fingerprint density at radius 1 is 1.13 bits per heavy atom. The SMILES string of the molecule is Cc1cc(=O)oc2c(O)cc(O)c(O)c12. The first-order valence-electron chi connectivity index (χ1n) is 4.19. The summed E-state index contributed by atoms with van der Waals surface area (Å²) in [6.45, 7) is 1.57. The molecular formula is C10H8O5. The van der Waals surface area contributed by atoms with Gasteiger partial charge in [-0.2, -0.15) is 0 Å². The number of rotatable bonds is 0. The molecule has 2 aromatic rings. The molecule has 5 nitrogen and oxygen atoms in total. The van der Waals surface area contributed by atoms with Gasteiger partial charge >= 0.3 is 5.63 Å². The van der Waals surface area contributed by atoms with E-state index in [0.29, 0.717) is 5.56 Å². The van der Waals surface area contributed by atoms with Crippen LogP contribution in [0.2, 0.25) is 0 Å². The minimum atomic E-state index is -0.625. The Hall–Kier alpha value is -2.17. The molecule has 0 atom stereocenters. The fraction of sp³-hybridized carbons (Fsp3) is 0.100. The molecule has 5 heteroatoms. The van der Waals surface area contributed by atoms with Crippen molar-refractivity contribution in [2.45, 2.75) is 6.92 Å². The van der Waals surface area contributed by atoms with Crippen LogP contribution in [0.25, 0.3) is 11.0 Å². The first-order chi connectivity index (χ1) is 7.00. The first-order valence-corrected chi connectivity index (χ1v) is 4.19. The van der Waals surface area contributed by atoms with Crippen molar-refractivity contribution >= 4 is 11.0 Å². The Bertz CT molecular complexity index is 597. The minimum Gasteiger partial charge on any atom is -0.504 e. The van der Waals surface area contributed by atoms with Crippen LogP contribution in [0.3, 0.4) is 0 Å². The van der Waals surface area contributed by atoms with Crippen molar-refractivity contribution in [1.82, 2.24) is 0 Å². The van der Waals surface area contributed by atoms with Gasteiger partial charge in [0.1, 0.15) is 0 Å². The van der Waals surface area contributed by atoms with E-state index in [1.54, 1.807) is 6.92 Å². The summed E-state index contributed by atoms with van der Waals surface area (Å²) in [5.41, 5.74) is -0.333. The molecule has 0 unspecified atom stereocenters. The zero-order valence-corrected chi connectivity index (χ0v) is 7.81. The van der Waals surface area contributed by atoms with E-state index in [4.69, 9.17) is 4.42 Å². The average molecular weight is 208 g/mol. The number of hydrogen-bond acceptors (Lipinski definition) is 5. The Morgan fingerprint density at radius 3 is 2.47 bits per heavy atom. The predicted molar refractivity (Wildman–Crippen MR) is 52.2 cm³/mol. The zero-order chi connectivity index (χ0) is 11.2. The third-order valence-corrected chi connectivity index (χ3v) is 2.14. The molecule has 0 fully saturated rings. The summed E-state index contributed by atoms with van der Waals surface area (Å²) in [5.74, 6) is -1.26.